The topological polar surface area (TPSA) is 32.3 Å². The Balaban J connectivity index is 0.00000225. The Bertz CT molecular complexity index is 550. The van der Waals surface area contributed by atoms with Gasteiger partial charge >= 0.3 is 0 Å². The molecule has 0 bridgehead atoms. The Kier molecular flexibility index (Phi) is 7.33. The van der Waals surface area contributed by atoms with Gasteiger partial charge in [0.2, 0.25) is 5.91 Å². The molecule has 2 unspecified atom stereocenters. The average Bonchev–Trinajstić information content (AvgIpc) is 3.40. The minimum Gasteiger partial charge on any atom is -0.342 e. The van der Waals surface area contributed by atoms with Crippen molar-refractivity contribution in [2.45, 2.75) is 51.4 Å². The van der Waals surface area contributed by atoms with Gasteiger partial charge in [-0.1, -0.05) is 38.1 Å². The fourth-order valence-electron chi connectivity index (χ4n) is 3.99. The summed E-state index contributed by atoms with van der Waals surface area (Å²) in [5, 5.41) is 3.23. The normalized spacial score (nSPS) is 23.4. The molecule has 140 valence electrons. The van der Waals surface area contributed by atoms with Crippen LogP contribution in [0.5, 0.6) is 0 Å². The second-order valence-electron chi connectivity index (χ2n) is 7.93. The molecule has 1 aliphatic heterocycles. The maximum atomic E-state index is 12.8. The van der Waals surface area contributed by atoms with Crippen molar-refractivity contribution >= 4 is 18.3 Å². The number of hydrogen-bond acceptors (Lipinski definition) is 2. The van der Waals surface area contributed by atoms with Crippen molar-refractivity contribution < 1.29 is 4.79 Å². The maximum absolute atomic E-state index is 12.8. The molecule has 0 spiro atoms. The summed E-state index contributed by atoms with van der Waals surface area (Å²) in [5.41, 5.74) is 2.73. The molecule has 1 aromatic carbocycles. The summed E-state index contributed by atoms with van der Waals surface area (Å²) in [6.07, 6.45) is 4.63. The molecule has 2 atom stereocenters. The Hall–Kier alpha value is -1.06. The van der Waals surface area contributed by atoms with Crippen LogP contribution in [0.4, 0.5) is 0 Å². The highest BCUT2D eigenvalue weighted by molar-refractivity contribution is 5.85. The van der Waals surface area contributed by atoms with Gasteiger partial charge < -0.3 is 10.2 Å². The number of carbonyl (C=O) groups excluding carboxylic acids is 1. The van der Waals surface area contributed by atoms with Crippen molar-refractivity contribution in [2.75, 3.05) is 26.7 Å². The zero-order chi connectivity index (χ0) is 17.1. The first-order valence-corrected chi connectivity index (χ1v) is 9.63. The van der Waals surface area contributed by atoms with Gasteiger partial charge in [-0.05, 0) is 68.2 Å². The lowest BCUT2D eigenvalue weighted by Crippen LogP contribution is -2.40. The quantitative estimate of drug-likeness (QED) is 0.821. The number of likely N-dealkylation sites (tertiary alicyclic amines) is 1. The molecule has 3 nitrogen and oxygen atoms in total. The number of carbonyl (C=O) groups is 1. The second kappa shape index (κ2) is 9.05. The van der Waals surface area contributed by atoms with Gasteiger partial charge in [0.25, 0.3) is 0 Å². The van der Waals surface area contributed by atoms with Crippen LogP contribution in [0.1, 0.15) is 62.5 Å². The van der Waals surface area contributed by atoms with Gasteiger partial charge in [0, 0.05) is 19.0 Å². The molecule has 0 radical (unpaired) electrons. The lowest BCUT2D eigenvalue weighted by atomic mass is 9.93. The van der Waals surface area contributed by atoms with Crippen LogP contribution in [0.2, 0.25) is 0 Å². The lowest BCUT2D eigenvalue weighted by Gasteiger charge is -2.32. The highest BCUT2D eigenvalue weighted by Gasteiger charge is 2.46. The molecule has 1 aliphatic carbocycles. The highest BCUT2D eigenvalue weighted by atomic mass is 35.5. The predicted molar refractivity (Wildman–Crippen MR) is 106 cm³/mol. The summed E-state index contributed by atoms with van der Waals surface area (Å²) < 4.78 is 0. The molecule has 3 rings (SSSR count). The summed E-state index contributed by atoms with van der Waals surface area (Å²) in [6.45, 7) is 7.46. The molecular weight excluding hydrogens is 332 g/mol. The highest BCUT2D eigenvalue weighted by Crippen LogP contribution is 2.49. The van der Waals surface area contributed by atoms with Crippen LogP contribution in [0, 0.1) is 11.8 Å². The largest absolute Gasteiger partial charge is 0.342 e. The molecule has 2 fully saturated rings. The van der Waals surface area contributed by atoms with E-state index in [1.165, 1.54) is 30.4 Å². The number of nitrogens with one attached hydrogen (secondary N) is 1. The van der Waals surface area contributed by atoms with Crippen molar-refractivity contribution in [3.8, 4) is 0 Å². The first-order chi connectivity index (χ1) is 11.6. The van der Waals surface area contributed by atoms with Crippen LogP contribution >= 0.6 is 12.4 Å². The van der Waals surface area contributed by atoms with E-state index in [0.717, 1.165) is 32.0 Å². The molecular formula is C21H33ClN2O. The van der Waals surface area contributed by atoms with E-state index in [2.05, 4.69) is 48.3 Å². The fraction of sp³-hybridized carbons (Fsp3) is 0.667. The maximum Gasteiger partial charge on any atom is 0.226 e. The van der Waals surface area contributed by atoms with Crippen molar-refractivity contribution in [1.82, 2.24) is 10.2 Å². The zero-order valence-corrected chi connectivity index (χ0v) is 16.6. The van der Waals surface area contributed by atoms with Crippen molar-refractivity contribution in [3.05, 3.63) is 35.4 Å². The summed E-state index contributed by atoms with van der Waals surface area (Å²) >= 11 is 0. The standard InChI is InChI=1S/C21H32N2O.ClH/c1-15(2)17-4-6-18(7-5-17)19-14-20(19)21(24)23-12-9-16(10-13-23)8-11-22-3;/h4-7,15-16,19-20,22H,8-14H2,1-3H3;1H. The molecule has 1 N–H and O–H groups in total. The van der Waals surface area contributed by atoms with Crippen molar-refractivity contribution in [2.24, 2.45) is 11.8 Å². The van der Waals surface area contributed by atoms with Gasteiger partial charge in [-0.3, -0.25) is 4.79 Å². The predicted octanol–water partition coefficient (Wildman–Crippen LogP) is 4.18. The molecule has 1 amide bonds. The Morgan fingerprint density at radius 2 is 1.84 bits per heavy atom. The summed E-state index contributed by atoms with van der Waals surface area (Å²) in [6, 6.07) is 8.93. The minimum absolute atomic E-state index is 0. The molecule has 0 aromatic heterocycles. The number of amides is 1. The molecule has 1 aromatic rings. The lowest BCUT2D eigenvalue weighted by molar-refractivity contribution is -0.134. The number of piperidine rings is 1. The van der Waals surface area contributed by atoms with Gasteiger partial charge in [-0.2, -0.15) is 0 Å². The molecule has 4 heteroatoms. The molecule has 1 heterocycles. The molecule has 2 aliphatic rings. The summed E-state index contributed by atoms with van der Waals surface area (Å²) in [5.74, 6) is 2.46. The van der Waals surface area contributed by atoms with Crippen molar-refractivity contribution in [1.29, 1.82) is 0 Å². The van der Waals surface area contributed by atoms with Crippen LogP contribution in [-0.4, -0.2) is 37.5 Å². The van der Waals surface area contributed by atoms with Crippen LogP contribution in [0.3, 0.4) is 0 Å². The number of benzene rings is 1. The van der Waals surface area contributed by atoms with Gasteiger partial charge in [0.15, 0.2) is 0 Å². The van der Waals surface area contributed by atoms with Crippen LogP contribution in [0.25, 0.3) is 0 Å². The zero-order valence-electron chi connectivity index (χ0n) is 15.8. The third kappa shape index (κ3) is 4.98. The van der Waals surface area contributed by atoms with Gasteiger partial charge in [0.05, 0.1) is 0 Å². The first-order valence-electron chi connectivity index (χ1n) is 9.63. The third-order valence-corrected chi connectivity index (χ3v) is 5.87. The van der Waals surface area contributed by atoms with Crippen LogP contribution in [-0.2, 0) is 4.79 Å². The van der Waals surface area contributed by atoms with Crippen molar-refractivity contribution in [3.63, 3.8) is 0 Å². The Morgan fingerprint density at radius 1 is 1.20 bits per heavy atom. The number of halogens is 1. The molecule has 25 heavy (non-hydrogen) atoms. The molecule has 1 saturated carbocycles. The average molecular weight is 365 g/mol. The van der Waals surface area contributed by atoms with E-state index in [1.807, 2.05) is 7.05 Å². The Morgan fingerprint density at radius 3 is 2.40 bits per heavy atom. The van der Waals surface area contributed by atoms with E-state index in [-0.39, 0.29) is 18.3 Å². The summed E-state index contributed by atoms with van der Waals surface area (Å²) in [7, 11) is 2.01. The van der Waals surface area contributed by atoms with E-state index in [4.69, 9.17) is 0 Å². The van der Waals surface area contributed by atoms with E-state index in [9.17, 15) is 4.79 Å². The monoisotopic (exact) mass is 364 g/mol. The SMILES string of the molecule is CNCCC1CCN(C(=O)C2CC2c2ccc(C(C)C)cc2)CC1.Cl. The smallest absolute Gasteiger partial charge is 0.226 e. The van der Waals surface area contributed by atoms with Gasteiger partial charge in [0.1, 0.15) is 0 Å². The van der Waals surface area contributed by atoms with E-state index < -0.39 is 0 Å². The third-order valence-electron chi connectivity index (χ3n) is 5.87. The fourth-order valence-corrected chi connectivity index (χ4v) is 3.99. The van der Waals surface area contributed by atoms with Crippen LogP contribution < -0.4 is 5.32 Å². The van der Waals surface area contributed by atoms with Crippen LogP contribution in [0.15, 0.2) is 24.3 Å². The second-order valence-corrected chi connectivity index (χ2v) is 7.93. The van der Waals surface area contributed by atoms with E-state index >= 15 is 0 Å². The van der Waals surface area contributed by atoms with E-state index in [0.29, 0.717) is 17.7 Å². The number of hydrogen-bond donors (Lipinski definition) is 1. The van der Waals surface area contributed by atoms with E-state index in [1.54, 1.807) is 0 Å². The summed E-state index contributed by atoms with van der Waals surface area (Å²) in [4.78, 5) is 14.9. The van der Waals surface area contributed by atoms with Gasteiger partial charge in [-0.25, -0.2) is 0 Å². The van der Waals surface area contributed by atoms with Gasteiger partial charge in [-0.15, -0.1) is 12.4 Å². The number of nitrogens with zero attached hydrogens (tertiary/aromatic N) is 1. The first kappa shape index (κ1) is 20.3. The minimum atomic E-state index is 0. The Labute approximate surface area is 159 Å². The molecule has 1 saturated heterocycles. The number of rotatable bonds is 6.